The van der Waals surface area contributed by atoms with Crippen molar-refractivity contribution in [3.63, 3.8) is 0 Å². The Morgan fingerprint density at radius 2 is 1.94 bits per heavy atom. The van der Waals surface area contributed by atoms with E-state index < -0.39 is 0 Å². The molecule has 0 saturated carbocycles. The van der Waals surface area contributed by atoms with Crippen LogP contribution >= 0.6 is 0 Å². The molecule has 33 heavy (non-hydrogen) atoms. The predicted octanol–water partition coefficient (Wildman–Crippen LogP) is 3.23. The van der Waals surface area contributed by atoms with Crippen LogP contribution in [0.3, 0.4) is 0 Å². The molecule has 9 heteroatoms. The Bertz CT molecular complexity index is 1280. The van der Waals surface area contributed by atoms with Gasteiger partial charge in [0.05, 0.1) is 17.4 Å². The molecule has 3 aromatic heterocycles. The van der Waals surface area contributed by atoms with Gasteiger partial charge in [-0.1, -0.05) is 38.1 Å². The average Bonchev–Trinajstić information content (AvgIpc) is 3.46. The van der Waals surface area contributed by atoms with Crippen LogP contribution in [0.15, 0.2) is 55.0 Å². The monoisotopic (exact) mass is 442 g/mol. The summed E-state index contributed by atoms with van der Waals surface area (Å²) in [6, 6.07) is 11.9. The van der Waals surface area contributed by atoms with Crippen molar-refractivity contribution in [3.8, 4) is 5.69 Å². The van der Waals surface area contributed by atoms with Crippen molar-refractivity contribution >= 4 is 23.0 Å². The van der Waals surface area contributed by atoms with Gasteiger partial charge >= 0.3 is 0 Å². The van der Waals surface area contributed by atoms with E-state index in [1.165, 1.54) is 5.56 Å². The first-order valence-electron chi connectivity index (χ1n) is 11.0. The number of likely N-dealkylation sites (tertiary alicyclic amines) is 1. The fraction of sp³-hybridized carbons (Fsp3) is 0.333. The zero-order valence-corrected chi connectivity index (χ0v) is 18.9. The highest BCUT2D eigenvalue weighted by Gasteiger charge is 2.27. The third-order valence-electron chi connectivity index (χ3n) is 5.89. The van der Waals surface area contributed by atoms with Crippen molar-refractivity contribution in [3.05, 3.63) is 66.1 Å². The lowest BCUT2D eigenvalue weighted by Crippen LogP contribution is -2.31. The van der Waals surface area contributed by atoms with Crippen LogP contribution in [0.2, 0.25) is 0 Å². The number of hydrogen-bond acceptors (Lipinski definition) is 7. The van der Waals surface area contributed by atoms with Crippen LogP contribution in [0, 0.1) is 0 Å². The summed E-state index contributed by atoms with van der Waals surface area (Å²) in [5.41, 5.74) is 4.08. The topological polar surface area (TPSA) is 102 Å². The van der Waals surface area contributed by atoms with E-state index in [2.05, 4.69) is 63.5 Å². The first-order chi connectivity index (χ1) is 15.9. The van der Waals surface area contributed by atoms with E-state index in [-0.39, 0.29) is 17.4 Å². The maximum Gasteiger partial charge on any atom is 0.255 e. The van der Waals surface area contributed by atoms with E-state index >= 15 is 0 Å². The molecule has 1 fully saturated rings. The number of amides is 1. The minimum Gasteiger partial charge on any atom is -0.350 e. The average molecular weight is 443 g/mol. The van der Waals surface area contributed by atoms with Crippen molar-refractivity contribution in [1.29, 1.82) is 0 Å². The van der Waals surface area contributed by atoms with Gasteiger partial charge in [-0.3, -0.25) is 9.78 Å². The van der Waals surface area contributed by atoms with Gasteiger partial charge in [0.15, 0.2) is 11.2 Å². The molecule has 0 spiro atoms. The molecule has 1 unspecified atom stereocenters. The van der Waals surface area contributed by atoms with E-state index in [9.17, 15) is 4.79 Å². The maximum atomic E-state index is 12.7. The van der Waals surface area contributed by atoms with Gasteiger partial charge in [0.1, 0.15) is 0 Å². The molecule has 4 aromatic rings. The second-order valence-electron chi connectivity index (χ2n) is 9.32. The Balaban J connectivity index is 1.33. The van der Waals surface area contributed by atoms with Crippen LogP contribution in [0.4, 0.5) is 5.95 Å². The molecule has 1 amide bonds. The summed E-state index contributed by atoms with van der Waals surface area (Å²) in [4.78, 5) is 27.6. The number of anilines is 1. The Morgan fingerprint density at radius 1 is 1.12 bits per heavy atom. The van der Waals surface area contributed by atoms with Crippen molar-refractivity contribution < 1.29 is 4.79 Å². The second-order valence-corrected chi connectivity index (χ2v) is 9.32. The van der Waals surface area contributed by atoms with Gasteiger partial charge in [-0.05, 0) is 41.7 Å². The van der Waals surface area contributed by atoms with E-state index in [4.69, 9.17) is 0 Å². The minimum atomic E-state index is -0.00949. The number of aromatic nitrogens is 6. The zero-order chi connectivity index (χ0) is 23.0. The predicted molar refractivity (Wildman–Crippen MR) is 125 cm³/mol. The van der Waals surface area contributed by atoms with Gasteiger partial charge in [-0.15, -0.1) is 5.10 Å². The number of carbonyl (C=O) groups excluding carboxylic acids is 1. The summed E-state index contributed by atoms with van der Waals surface area (Å²) in [5.74, 6) is 0.489. The molecule has 0 radical (unpaired) electrons. The Labute approximate surface area is 191 Å². The van der Waals surface area contributed by atoms with Crippen LogP contribution in [-0.4, -0.2) is 59.9 Å². The van der Waals surface area contributed by atoms with Gasteiger partial charge in [0.25, 0.3) is 5.91 Å². The largest absolute Gasteiger partial charge is 0.350 e. The van der Waals surface area contributed by atoms with E-state index in [0.717, 1.165) is 12.1 Å². The molecular weight excluding hydrogens is 416 g/mol. The molecule has 0 aliphatic carbocycles. The van der Waals surface area contributed by atoms with Crippen molar-refractivity contribution in [2.24, 2.45) is 0 Å². The molecule has 0 bridgehead atoms. The van der Waals surface area contributed by atoms with Gasteiger partial charge in [0, 0.05) is 31.5 Å². The first-order valence-corrected chi connectivity index (χ1v) is 11.0. The normalized spacial score (nSPS) is 16.3. The summed E-state index contributed by atoms with van der Waals surface area (Å²) in [5, 5.41) is 11.9. The number of carbonyl (C=O) groups is 1. The highest BCUT2D eigenvalue weighted by molar-refractivity contribution is 5.94. The fourth-order valence-electron chi connectivity index (χ4n) is 3.99. The summed E-state index contributed by atoms with van der Waals surface area (Å²) in [7, 11) is 0. The summed E-state index contributed by atoms with van der Waals surface area (Å²) in [6.07, 6.45) is 5.75. The molecule has 1 aromatic carbocycles. The minimum absolute atomic E-state index is 0.00949. The Kier molecular flexibility index (Phi) is 5.24. The van der Waals surface area contributed by atoms with Gasteiger partial charge < -0.3 is 10.2 Å². The van der Waals surface area contributed by atoms with Crippen molar-refractivity contribution in [1.82, 2.24) is 34.8 Å². The third-order valence-corrected chi connectivity index (χ3v) is 5.89. The van der Waals surface area contributed by atoms with E-state index in [1.54, 1.807) is 35.4 Å². The molecule has 5 rings (SSSR count). The molecule has 1 saturated heterocycles. The SMILES string of the molecule is CC(C)(C)c1ccc(-n2nnc3cnc(NC4CCN(C(=O)c5cccnc5)C4)nc32)cc1. The van der Waals surface area contributed by atoms with Gasteiger partial charge in [0.2, 0.25) is 5.95 Å². The fourth-order valence-corrected chi connectivity index (χ4v) is 3.99. The molecule has 4 heterocycles. The first kappa shape index (κ1) is 21.0. The molecule has 1 aliphatic heterocycles. The second kappa shape index (κ2) is 8.23. The number of benzene rings is 1. The molecular formula is C24H26N8O. The summed E-state index contributed by atoms with van der Waals surface area (Å²) in [6.45, 7) is 7.82. The molecule has 1 aliphatic rings. The third kappa shape index (κ3) is 4.26. The number of fused-ring (bicyclic) bond motifs is 1. The lowest BCUT2D eigenvalue weighted by molar-refractivity contribution is 0.0791. The molecule has 168 valence electrons. The van der Waals surface area contributed by atoms with E-state index in [0.29, 0.717) is 35.8 Å². The number of nitrogens with one attached hydrogen (secondary N) is 1. The highest BCUT2D eigenvalue weighted by atomic mass is 16.2. The Hall–Kier alpha value is -3.88. The van der Waals surface area contributed by atoms with Gasteiger partial charge in [-0.25, -0.2) is 4.98 Å². The number of pyridine rings is 1. The summed E-state index contributed by atoms with van der Waals surface area (Å²) < 4.78 is 1.72. The maximum absolute atomic E-state index is 12.7. The van der Waals surface area contributed by atoms with Gasteiger partial charge in [-0.2, -0.15) is 9.67 Å². The van der Waals surface area contributed by atoms with Crippen LogP contribution in [0.25, 0.3) is 16.9 Å². The number of nitrogens with zero attached hydrogens (tertiary/aromatic N) is 7. The zero-order valence-electron chi connectivity index (χ0n) is 18.9. The molecule has 9 nitrogen and oxygen atoms in total. The lowest BCUT2D eigenvalue weighted by Gasteiger charge is -2.19. The number of hydrogen-bond donors (Lipinski definition) is 1. The summed E-state index contributed by atoms with van der Waals surface area (Å²) >= 11 is 0. The van der Waals surface area contributed by atoms with Crippen molar-refractivity contribution in [2.45, 2.75) is 38.6 Å². The smallest absolute Gasteiger partial charge is 0.255 e. The highest BCUT2D eigenvalue weighted by Crippen LogP contribution is 2.24. The van der Waals surface area contributed by atoms with Crippen LogP contribution in [0.5, 0.6) is 0 Å². The van der Waals surface area contributed by atoms with Crippen LogP contribution in [-0.2, 0) is 5.41 Å². The van der Waals surface area contributed by atoms with Crippen LogP contribution < -0.4 is 5.32 Å². The Morgan fingerprint density at radius 3 is 2.67 bits per heavy atom. The van der Waals surface area contributed by atoms with E-state index in [1.807, 2.05) is 17.0 Å². The lowest BCUT2D eigenvalue weighted by atomic mass is 9.87. The quantitative estimate of drug-likeness (QED) is 0.518. The number of rotatable bonds is 4. The standard InChI is InChI=1S/C24H26N8O/c1-24(2,3)17-6-8-19(9-7-17)32-21-20(29-30-32)14-26-23(28-21)27-18-10-12-31(15-18)22(33)16-5-4-11-25-13-16/h4-9,11,13-14,18H,10,12,15H2,1-3H3,(H,26,27,28). The molecule has 1 N–H and O–H groups in total. The molecule has 1 atom stereocenters. The van der Waals surface area contributed by atoms with Crippen molar-refractivity contribution in [2.75, 3.05) is 18.4 Å². The van der Waals surface area contributed by atoms with Crippen LogP contribution in [0.1, 0.15) is 43.1 Å².